The third kappa shape index (κ3) is 3.98. The Bertz CT molecular complexity index is 238. The van der Waals surface area contributed by atoms with E-state index >= 15 is 0 Å². The number of rotatable bonds is 1. The maximum absolute atomic E-state index is 11.9. The third-order valence-electron chi connectivity index (χ3n) is 2.41. The monoisotopic (exact) mass is 230 g/mol. The van der Waals surface area contributed by atoms with Crippen LogP contribution >= 0.6 is 0 Å². The summed E-state index contributed by atoms with van der Waals surface area (Å²) in [6.45, 7) is 7.78. The summed E-state index contributed by atoms with van der Waals surface area (Å²) in [6.07, 6.45) is 0.476. The van der Waals surface area contributed by atoms with Crippen LogP contribution in [0.1, 0.15) is 27.2 Å². The molecule has 16 heavy (non-hydrogen) atoms. The fraction of sp³-hybridized carbons (Fsp3) is 0.909. The molecule has 1 rings (SSSR count). The van der Waals surface area contributed by atoms with Crippen molar-refractivity contribution in [3.05, 3.63) is 0 Å². The molecule has 5 nitrogen and oxygen atoms in total. The minimum absolute atomic E-state index is 0.0253. The summed E-state index contributed by atoms with van der Waals surface area (Å²) in [5.74, 6) is 0. The van der Waals surface area contributed by atoms with Gasteiger partial charge in [0, 0.05) is 25.7 Å². The molecular formula is C11H22N2O3. The molecule has 2 N–H and O–H groups in total. The van der Waals surface area contributed by atoms with E-state index in [9.17, 15) is 4.79 Å². The molecule has 1 aliphatic heterocycles. The second kappa shape index (κ2) is 5.50. The standard InChI is InChI=1S/C11H22N2O3/c1-11(2,3)16-10(14)13-5-7-15-6-4-9(13)8-12/h9H,4-8,12H2,1-3H3. The van der Waals surface area contributed by atoms with Gasteiger partial charge in [-0.05, 0) is 27.2 Å². The molecule has 0 spiro atoms. The third-order valence-corrected chi connectivity index (χ3v) is 2.41. The van der Waals surface area contributed by atoms with Crippen LogP contribution in [0.3, 0.4) is 0 Å². The highest BCUT2D eigenvalue weighted by Crippen LogP contribution is 2.14. The lowest BCUT2D eigenvalue weighted by Gasteiger charge is -2.31. The Morgan fingerprint density at radius 1 is 1.50 bits per heavy atom. The minimum atomic E-state index is -0.469. The summed E-state index contributed by atoms with van der Waals surface area (Å²) < 4.78 is 10.7. The molecular weight excluding hydrogens is 208 g/mol. The van der Waals surface area contributed by atoms with Gasteiger partial charge in [0.05, 0.1) is 6.61 Å². The highest BCUT2D eigenvalue weighted by molar-refractivity contribution is 5.68. The molecule has 0 aromatic carbocycles. The first-order chi connectivity index (χ1) is 7.44. The van der Waals surface area contributed by atoms with Crippen molar-refractivity contribution in [3.8, 4) is 0 Å². The first kappa shape index (κ1) is 13.3. The molecule has 0 aliphatic carbocycles. The van der Waals surface area contributed by atoms with E-state index in [1.54, 1.807) is 4.90 Å². The van der Waals surface area contributed by atoms with Crippen molar-refractivity contribution >= 4 is 6.09 Å². The largest absolute Gasteiger partial charge is 0.444 e. The van der Waals surface area contributed by atoms with Crippen molar-refractivity contribution < 1.29 is 14.3 Å². The Morgan fingerprint density at radius 2 is 2.19 bits per heavy atom. The van der Waals surface area contributed by atoms with Crippen LogP contribution in [0.15, 0.2) is 0 Å². The average Bonchev–Trinajstić information content (AvgIpc) is 2.39. The van der Waals surface area contributed by atoms with E-state index in [-0.39, 0.29) is 12.1 Å². The van der Waals surface area contributed by atoms with E-state index in [1.807, 2.05) is 20.8 Å². The predicted molar refractivity (Wildman–Crippen MR) is 61.2 cm³/mol. The van der Waals surface area contributed by atoms with Crippen LogP contribution in [0.5, 0.6) is 0 Å². The molecule has 0 saturated carbocycles. The van der Waals surface area contributed by atoms with E-state index in [1.165, 1.54) is 0 Å². The SMILES string of the molecule is CC(C)(C)OC(=O)N1CCOCCC1CN. The van der Waals surface area contributed by atoms with E-state index in [4.69, 9.17) is 15.2 Å². The number of nitrogens with zero attached hydrogens (tertiary/aromatic N) is 1. The zero-order valence-electron chi connectivity index (χ0n) is 10.4. The molecule has 1 heterocycles. The Balaban J connectivity index is 2.63. The van der Waals surface area contributed by atoms with Crippen LogP contribution in [0.2, 0.25) is 0 Å². The minimum Gasteiger partial charge on any atom is -0.444 e. The van der Waals surface area contributed by atoms with Crippen LogP contribution in [0.25, 0.3) is 0 Å². The van der Waals surface area contributed by atoms with Crippen LogP contribution < -0.4 is 5.73 Å². The normalized spacial score (nSPS) is 22.8. The van der Waals surface area contributed by atoms with E-state index < -0.39 is 5.60 Å². The van der Waals surface area contributed by atoms with Crippen molar-refractivity contribution in [1.82, 2.24) is 4.90 Å². The van der Waals surface area contributed by atoms with Crippen molar-refractivity contribution in [2.24, 2.45) is 5.73 Å². The van der Waals surface area contributed by atoms with E-state index in [2.05, 4.69) is 0 Å². The van der Waals surface area contributed by atoms with E-state index in [0.717, 1.165) is 6.42 Å². The van der Waals surface area contributed by atoms with Crippen molar-refractivity contribution in [3.63, 3.8) is 0 Å². The summed E-state index contributed by atoms with van der Waals surface area (Å²) >= 11 is 0. The molecule has 1 unspecified atom stereocenters. The second-order valence-corrected chi connectivity index (χ2v) is 4.96. The van der Waals surface area contributed by atoms with Gasteiger partial charge in [-0.15, -0.1) is 0 Å². The summed E-state index contributed by atoms with van der Waals surface area (Å²) in [4.78, 5) is 13.6. The summed E-state index contributed by atoms with van der Waals surface area (Å²) in [5.41, 5.74) is 5.19. The molecule has 1 fully saturated rings. The molecule has 0 aromatic rings. The number of hydrogen-bond acceptors (Lipinski definition) is 4. The number of carbonyl (C=O) groups excluding carboxylic acids is 1. The van der Waals surface area contributed by atoms with Gasteiger partial charge in [0.1, 0.15) is 5.60 Å². The Kier molecular flexibility index (Phi) is 4.56. The number of nitrogens with two attached hydrogens (primary N) is 1. The highest BCUT2D eigenvalue weighted by Gasteiger charge is 2.28. The molecule has 1 amide bonds. The molecule has 0 aromatic heterocycles. The van der Waals surface area contributed by atoms with Crippen molar-refractivity contribution in [2.75, 3.05) is 26.3 Å². The zero-order chi connectivity index (χ0) is 12.2. The molecule has 5 heteroatoms. The first-order valence-corrected chi connectivity index (χ1v) is 5.71. The smallest absolute Gasteiger partial charge is 0.410 e. The van der Waals surface area contributed by atoms with Crippen molar-refractivity contribution in [2.45, 2.75) is 38.8 Å². The van der Waals surface area contributed by atoms with Crippen LogP contribution in [0, 0.1) is 0 Å². The van der Waals surface area contributed by atoms with Gasteiger partial charge in [0.15, 0.2) is 0 Å². The van der Waals surface area contributed by atoms with Gasteiger partial charge in [-0.3, -0.25) is 0 Å². The van der Waals surface area contributed by atoms with Gasteiger partial charge < -0.3 is 20.1 Å². The van der Waals surface area contributed by atoms with Gasteiger partial charge in [-0.25, -0.2) is 4.79 Å². The molecule has 1 aliphatic rings. The zero-order valence-corrected chi connectivity index (χ0v) is 10.4. The van der Waals surface area contributed by atoms with Crippen molar-refractivity contribution in [1.29, 1.82) is 0 Å². The molecule has 1 saturated heterocycles. The van der Waals surface area contributed by atoms with Gasteiger partial charge in [0.25, 0.3) is 0 Å². The van der Waals surface area contributed by atoms with Gasteiger partial charge in [-0.1, -0.05) is 0 Å². The molecule has 0 radical (unpaired) electrons. The molecule has 1 atom stereocenters. The van der Waals surface area contributed by atoms with Gasteiger partial charge in [0.2, 0.25) is 0 Å². The fourth-order valence-electron chi connectivity index (χ4n) is 1.63. The number of amides is 1. The summed E-state index contributed by atoms with van der Waals surface area (Å²) in [6, 6.07) is 0.0253. The van der Waals surface area contributed by atoms with Gasteiger partial charge in [-0.2, -0.15) is 0 Å². The maximum Gasteiger partial charge on any atom is 0.410 e. The lowest BCUT2D eigenvalue weighted by atomic mass is 10.2. The number of hydrogen-bond donors (Lipinski definition) is 1. The van der Waals surface area contributed by atoms with E-state index in [0.29, 0.717) is 26.3 Å². The first-order valence-electron chi connectivity index (χ1n) is 5.71. The lowest BCUT2D eigenvalue weighted by Crippen LogP contribution is -2.47. The summed E-state index contributed by atoms with van der Waals surface area (Å²) in [7, 11) is 0. The van der Waals surface area contributed by atoms with Gasteiger partial charge >= 0.3 is 6.09 Å². The Hall–Kier alpha value is -0.810. The predicted octanol–water partition coefficient (Wildman–Crippen LogP) is 0.971. The average molecular weight is 230 g/mol. The van der Waals surface area contributed by atoms with Crippen LogP contribution in [0.4, 0.5) is 4.79 Å². The second-order valence-electron chi connectivity index (χ2n) is 4.96. The summed E-state index contributed by atoms with van der Waals surface area (Å²) in [5, 5.41) is 0. The van der Waals surface area contributed by atoms with Crippen LogP contribution in [-0.4, -0.2) is 48.9 Å². The number of ether oxygens (including phenoxy) is 2. The number of carbonyl (C=O) groups is 1. The molecule has 94 valence electrons. The Morgan fingerprint density at radius 3 is 2.75 bits per heavy atom. The molecule has 0 bridgehead atoms. The highest BCUT2D eigenvalue weighted by atomic mass is 16.6. The van der Waals surface area contributed by atoms with Crippen LogP contribution in [-0.2, 0) is 9.47 Å². The topological polar surface area (TPSA) is 64.8 Å². The Labute approximate surface area is 96.9 Å². The maximum atomic E-state index is 11.9. The fourth-order valence-corrected chi connectivity index (χ4v) is 1.63. The lowest BCUT2D eigenvalue weighted by molar-refractivity contribution is 0.0169. The quantitative estimate of drug-likeness (QED) is 0.729.